The maximum absolute atomic E-state index is 13.2. The van der Waals surface area contributed by atoms with Crippen LogP contribution in [-0.2, 0) is 12.6 Å². The number of nitrogens with one attached hydrogen (secondary N) is 1. The number of alkyl halides is 3. The molecule has 29 heavy (non-hydrogen) atoms. The molecule has 0 saturated heterocycles. The lowest BCUT2D eigenvalue weighted by molar-refractivity contribution is -0.137. The van der Waals surface area contributed by atoms with Gasteiger partial charge >= 0.3 is 12.1 Å². The topological polar surface area (TPSA) is 83.7 Å². The lowest BCUT2D eigenvalue weighted by atomic mass is 10.2. The molecule has 0 fully saturated rings. The number of aryl methyl sites for hydroxylation is 1. The Morgan fingerprint density at radius 2 is 1.90 bits per heavy atom. The number of aromatic carboxylic acids is 1. The van der Waals surface area contributed by atoms with Gasteiger partial charge in [0.1, 0.15) is 5.69 Å². The van der Waals surface area contributed by atoms with E-state index >= 15 is 0 Å². The number of imidazole rings is 1. The molecular formula is C18H12Cl2F3N3O3. The van der Waals surface area contributed by atoms with Crippen molar-refractivity contribution in [1.82, 2.24) is 9.38 Å². The molecule has 3 rings (SSSR count). The predicted octanol–water partition coefficient (Wildman–Crippen LogP) is 5.17. The van der Waals surface area contributed by atoms with E-state index in [2.05, 4.69) is 10.3 Å². The quantitative estimate of drug-likeness (QED) is 0.579. The van der Waals surface area contributed by atoms with Crippen LogP contribution in [0.5, 0.6) is 0 Å². The first-order valence-electron chi connectivity index (χ1n) is 8.14. The van der Waals surface area contributed by atoms with E-state index in [-0.39, 0.29) is 44.8 Å². The molecule has 0 aliphatic heterocycles. The monoisotopic (exact) mass is 445 g/mol. The van der Waals surface area contributed by atoms with Crippen LogP contribution in [0.15, 0.2) is 30.5 Å². The number of carboxylic acid groups (broad SMARTS) is 1. The number of anilines is 1. The summed E-state index contributed by atoms with van der Waals surface area (Å²) in [4.78, 5) is 28.2. The molecule has 0 aliphatic carbocycles. The predicted molar refractivity (Wildman–Crippen MR) is 101 cm³/mol. The third-order valence-electron chi connectivity index (χ3n) is 4.08. The van der Waals surface area contributed by atoms with Gasteiger partial charge in [0.05, 0.1) is 26.9 Å². The van der Waals surface area contributed by atoms with Crippen LogP contribution in [0.1, 0.15) is 39.0 Å². The van der Waals surface area contributed by atoms with Crippen LogP contribution in [0, 0.1) is 0 Å². The second-order valence-corrected chi connectivity index (χ2v) is 6.80. The molecule has 0 atom stereocenters. The normalized spacial score (nSPS) is 11.7. The molecule has 0 spiro atoms. The van der Waals surface area contributed by atoms with Crippen LogP contribution < -0.4 is 5.32 Å². The summed E-state index contributed by atoms with van der Waals surface area (Å²) in [6.45, 7) is 1.68. The molecule has 0 bridgehead atoms. The maximum atomic E-state index is 13.2. The highest BCUT2D eigenvalue weighted by atomic mass is 35.5. The number of nitrogens with zero attached hydrogens (tertiary/aromatic N) is 2. The van der Waals surface area contributed by atoms with Gasteiger partial charge < -0.3 is 10.4 Å². The number of aromatic nitrogens is 2. The molecule has 1 aromatic carbocycles. The van der Waals surface area contributed by atoms with Crippen LogP contribution in [0.3, 0.4) is 0 Å². The van der Waals surface area contributed by atoms with Crippen molar-refractivity contribution in [1.29, 1.82) is 0 Å². The molecule has 152 valence electrons. The van der Waals surface area contributed by atoms with Crippen LogP contribution in [0.2, 0.25) is 10.0 Å². The molecule has 3 aromatic rings. The Labute approximate surface area is 171 Å². The summed E-state index contributed by atoms with van der Waals surface area (Å²) in [6, 6.07) is 4.54. The average molecular weight is 446 g/mol. The van der Waals surface area contributed by atoms with Crippen LogP contribution >= 0.6 is 23.2 Å². The van der Waals surface area contributed by atoms with E-state index in [9.17, 15) is 22.8 Å². The van der Waals surface area contributed by atoms with Crippen molar-refractivity contribution in [3.8, 4) is 0 Å². The van der Waals surface area contributed by atoms with Crippen molar-refractivity contribution in [2.24, 2.45) is 0 Å². The third kappa shape index (κ3) is 4.01. The van der Waals surface area contributed by atoms with Gasteiger partial charge in [-0.25, -0.2) is 9.78 Å². The van der Waals surface area contributed by atoms with E-state index in [4.69, 9.17) is 28.3 Å². The van der Waals surface area contributed by atoms with Crippen molar-refractivity contribution in [2.75, 3.05) is 5.32 Å². The SMILES string of the molecule is CCc1nc2c(Cl)cc(C(F)(F)F)cn2c1C(=O)Nc1ccc(Cl)c(C(=O)O)c1. The van der Waals surface area contributed by atoms with E-state index in [1.54, 1.807) is 6.92 Å². The van der Waals surface area contributed by atoms with Gasteiger partial charge in [-0.3, -0.25) is 9.20 Å². The van der Waals surface area contributed by atoms with Crippen LogP contribution in [-0.4, -0.2) is 26.4 Å². The minimum absolute atomic E-state index is 0.00370. The first-order valence-corrected chi connectivity index (χ1v) is 8.90. The molecular weight excluding hydrogens is 434 g/mol. The number of benzene rings is 1. The summed E-state index contributed by atoms with van der Waals surface area (Å²) in [6.07, 6.45) is -3.68. The number of rotatable bonds is 4. The Morgan fingerprint density at radius 3 is 2.48 bits per heavy atom. The summed E-state index contributed by atoms with van der Waals surface area (Å²) in [5, 5.41) is 11.3. The van der Waals surface area contributed by atoms with Crippen LogP contribution in [0.25, 0.3) is 5.65 Å². The number of halogens is 5. The molecule has 0 radical (unpaired) electrons. The summed E-state index contributed by atoms with van der Waals surface area (Å²) in [5.74, 6) is -2.07. The molecule has 0 unspecified atom stereocenters. The number of carbonyl (C=O) groups is 2. The molecule has 2 aromatic heterocycles. The van der Waals surface area contributed by atoms with Crippen molar-refractivity contribution < 1.29 is 27.9 Å². The fourth-order valence-corrected chi connectivity index (χ4v) is 3.20. The number of fused-ring (bicyclic) bond motifs is 1. The van der Waals surface area contributed by atoms with Gasteiger partial charge in [0.25, 0.3) is 5.91 Å². The molecule has 1 amide bonds. The van der Waals surface area contributed by atoms with E-state index < -0.39 is 23.6 Å². The van der Waals surface area contributed by atoms with E-state index in [1.807, 2.05) is 0 Å². The zero-order valence-corrected chi connectivity index (χ0v) is 16.2. The average Bonchev–Trinajstić information content (AvgIpc) is 3.01. The first-order chi connectivity index (χ1) is 13.5. The molecule has 0 saturated carbocycles. The van der Waals surface area contributed by atoms with E-state index in [0.29, 0.717) is 0 Å². The minimum Gasteiger partial charge on any atom is -0.478 e. The van der Waals surface area contributed by atoms with Crippen LogP contribution in [0.4, 0.5) is 18.9 Å². The fourth-order valence-electron chi connectivity index (χ4n) is 2.75. The zero-order valence-electron chi connectivity index (χ0n) is 14.6. The zero-order chi connectivity index (χ0) is 21.5. The summed E-state index contributed by atoms with van der Waals surface area (Å²) < 4.78 is 40.5. The molecule has 11 heteroatoms. The maximum Gasteiger partial charge on any atom is 0.417 e. The number of carboxylic acids is 1. The Kier molecular flexibility index (Phi) is 5.46. The Balaban J connectivity index is 2.11. The fraction of sp³-hybridized carbons (Fsp3) is 0.167. The Morgan fingerprint density at radius 1 is 1.21 bits per heavy atom. The number of carbonyl (C=O) groups excluding carboxylic acids is 1. The van der Waals surface area contributed by atoms with Gasteiger partial charge in [-0.2, -0.15) is 13.2 Å². The van der Waals surface area contributed by atoms with Crippen molar-refractivity contribution >= 4 is 46.4 Å². The Bertz CT molecular complexity index is 1140. The number of amides is 1. The lowest BCUT2D eigenvalue weighted by Gasteiger charge is -2.11. The summed E-state index contributed by atoms with van der Waals surface area (Å²) in [5.41, 5.74) is -1.07. The summed E-state index contributed by atoms with van der Waals surface area (Å²) >= 11 is 11.8. The number of hydrogen-bond acceptors (Lipinski definition) is 3. The second kappa shape index (κ2) is 7.57. The highest BCUT2D eigenvalue weighted by molar-refractivity contribution is 6.34. The molecule has 0 aliphatic rings. The molecule has 6 nitrogen and oxygen atoms in total. The van der Waals surface area contributed by atoms with Gasteiger partial charge in [-0.15, -0.1) is 0 Å². The van der Waals surface area contributed by atoms with E-state index in [0.717, 1.165) is 22.7 Å². The smallest absolute Gasteiger partial charge is 0.417 e. The van der Waals surface area contributed by atoms with Crippen molar-refractivity contribution in [2.45, 2.75) is 19.5 Å². The first kappa shape index (κ1) is 20.9. The van der Waals surface area contributed by atoms with Gasteiger partial charge in [0.2, 0.25) is 0 Å². The highest BCUT2D eigenvalue weighted by Gasteiger charge is 2.33. The highest BCUT2D eigenvalue weighted by Crippen LogP contribution is 2.33. The van der Waals surface area contributed by atoms with E-state index in [1.165, 1.54) is 12.1 Å². The second-order valence-electron chi connectivity index (χ2n) is 5.98. The molecule has 2 N–H and O–H groups in total. The largest absolute Gasteiger partial charge is 0.478 e. The summed E-state index contributed by atoms with van der Waals surface area (Å²) in [7, 11) is 0. The van der Waals surface area contributed by atoms with Gasteiger partial charge in [-0.05, 0) is 30.7 Å². The number of hydrogen-bond donors (Lipinski definition) is 2. The van der Waals surface area contributed by atoms with Crippen molar-refractivity contribution in [3.63, 3.8) is 0 Å². The standard InChI is InChI=1S/C18H12Cl2F3N3O3/c1-2-13-14(16(27)24-9-3-4-11(19)10(6-9)17(28)29)26-7-8(18(21,22)23)5-12(20)15(26)25-13/h3-7H,2H2,1H3,(H,24,27)(H,28,29). The number of pyridine rings is 1. The third-order valence-corrected chi connectivity index (χ3v) is 4.69. The lowest BCUT2D eigenvalue weighted by Crippen LogP contribution is -2.17. The Hall–Kier alpha value is -2.78. The minimum atomic E-state index is -4.67. The van der Waals surface area contributed by atoms with Gasteiger partial charge in [0.15, 0.2) is 5.65 Å². The van der Waals surface area contributed by atoms with Crippen molar-refractivity contribution in [3.05, 3.63) is 63.0 Å². The van der Waals surface area contributed by atoms with Gasteiger partial charge in [0, 0.05) is 11.9 Å². The molecule has 2 heterocycles. The van der Waals surface area contributed by atoms with Gasteiger partial charge in [-0.1, -0.05) is 30.1 Å².